The van der Waals surface area contributed by atoms with Gasteiger partial charge in [-0.15, -0.1) is 0 Å². The second-order valence-electron chi connectivity index (χ2n) is 1.12. The smallest absolute Gasteiger partial charge is 0.196 e. The van der Waals surface area contributed by atoms with Crippen LogP contribution in [-0.4, -0.2) is 5.92 Å². The summed E-state index contributed by atoms with van der Waals surface area (Å²) in [5.41, 5.74) is 0. The van der Waals surface area contributed by atoms with Gasteiger partial charge in [0, 0.05) is 6.08 Å². The summed E-state index contributed by atoms with van der Waals surface area (Å²) < 4.78 is 23.0. The van der Waals surface area contributed by atoms with Crippen molar-refractivity contribution in [3.63, 3.8) is 0 Å². The second kappa shape index (κ2) is 0.936. The molecule has 1 aliphatic rings. The predicted molar refractivity (Wildman–Crippen MR) is 27.1 cm³/mol. The van der Waals surface area contributed by atoms with Crippen molar-refractivity contribution < 1.29 is 8.78 Å². The molecule has 1 aliphatic carbocycles. The van der Waals surface area contributed by atoms with Crippen molar-refractivity contribution >= 4 is 22.6 Å². The number of hydrogen-bond acceptors (Lipinski definition) is 0. The minimum absolute atomic E-state index is 0.167. The Hall–Kier alpha value is 0.330. The zero-order chi connectivity index (χ0) is 4.78. The average molecular weight is 202 g/mol. The molecule has 34 valence electrons. The summed E-state index contributed by atoms with van der Waals surface area (Å²) in [4.78, 5) is 0. The number of rotatable bonds is 0. The molecule has 1 rings (SSSR count). The Morgan fingerprint density at radius 2 is 1.83 bits per heavy atom. The van der Waals surface area contributed by atoms with Crippen molar-refractivity contribution in [3.05, 3.63) is 9.66 Å². The van der Waals surface area contributed by atoms with E-state index >= 15 is 0 Å². The van der Waals surface area contributed by atoms with E-state index in [1.54, 1.807) is 22.6 Å². The largest absolute Gasteiger partial charge is 0.298 e. The van der Waals surface area contributed by atoms with E-state index in [4.69, 9.17) is 0 Å². The maximum Gasteiger partial charge on any atom is 0.298 e. The van der Waals surface area contributed by atoms with Crippen molar-refractivity contribution in [2.24, 2.45) is 0 Å². The number of allylic oxidation sites excluding steroid dienone is 2. The van der Waals surface area contributed by atoms with Gasteiger partial charge in [-0.3, -0.25) is 0 Å². The normalized spacial score (nSPS) is 26.2. The Morgan fingerprint density at radius 1 is 1.67 bits per heavy atom. The minimum Gasteiger partial charge on any atom is -0.196 e. The Bertz CT molecular complexity index is 105. The van der Waals surface area contributed by atoms with Crippen LogP contribution >= 0.6 is 22.6 Å². The van der Waals surface area contributed by atoms with Gasteiger partial charge >= 0.3 is 0 Å². The van der Waals surface area contributed by atoms with E-state index in [1.807, 2.05) is 0 Å². The summed E-state index contributed by atoms with van der Waals surface area (Å²) in [6.45, 7) is 0. The monoisotopic (exact) mass is 202 g/mol. The standard InChI is InChI=1S/C3HF2I/c4-3(5)1-2(3)6/h1H. The molecule has 0 aromatic carbocycles. The lowest BCUT2D eigenvalue weighted by atomic mass is 10.8. The van der Waals surface area contributed by atoms with E-state index < -0.39 is 5.92 Å². The molecule has 0 nitrogen and oxygen atoms in total. The van der Waals surface area contributed by atoms with Crippen LogP contribution in [-0.2, 0) is 0 Å². The third-order valence-corrected chi connectivity index (χ3v) is 1.57. The highest BCUT2D eigenvalue weighted by Gasteiger charge is 2.43. The van der Waals surface area contributed by atoms with Crippen LogP contribution in [0.1, 0.15) is 0 Å². The highest BCUT2D eigenvalue weighted by Crippen LogP contribution is 2.44. The van der Waals surface area contributed by atoms with Gasteiger partial charge < -0.3 is 0 Å². The van der Waals surface area contributed by atoms with E-state index in [0.717, 1.165) is 6.08 Å². The lowest BCUT2D eigenvalue weighted by Gasteiger charge is -1.83. The maximum absolute atomic E-state index is 11.4. The van der Waals surface area contributed by atoms with Crippen LogP contribution in [0, 0.1) is 0 Å². The number of halogens is 3. The van der Waals surface area contributed by atoms with Gasteiger partial charge in [-0.25, -0.2) is 0 Å². The third kappa shape index (κ3) is 0.552. The molecule has 0 N–H and O–H groups in total. The van der Waals surface area contributed by atoms with Crippen LogP contribution in [0.2, 0.25) is 0 Å². The Morgan fingerprint density at radius 3 is 1.83 bits per heavy atom. The van der Waals surface area contributed by atoms with Gasteiger partial charge in [-0.2, -0.15) is 8.78 Å². The SMILES string of the molecule is FC1(F)C=C1I. The molecular weight excluding hydrogens is 201 g/mol. The predicted octanol–water partition coefficient (Wildman–Crippen LogP) is 1.95. The van der Waals surface area contributed by atoms with Crippen LogP contribution in [0.25, 0.3) is 0 Å². The molecule has 0 fully saturated rings. The lowest BCUT2D eigenvalue weighted by Crippen LogP contribution is -1.87. The number of hydrogen-bond donors (Lipinski definition) is 0. The molecule has 0 saturated heterocycles. The molecule has 0 spiro atoms. The van der Waals surface area contributed by atoms with Crippen molar-refractivity contribution in [2.45, 2.75) is 5.92 Å². The Balaban J connectivity index is 2.53. The Kier molecular flexibility index (Phi) is 0.700. The van der Waals surface area contributed by atoms with E-state index in [0.29, 0.717) is 0 Å². The molecule has 0 aromatic heterocycles. The molecule has 0 radical (unpaired) electrons. The van der Waals surface area contributed by atoms with Crippen molar-refractivity contribution in [3.8, 4) is 0 Å². The first-order valence-corrected chi connectivity index (χ1v) is 2.47. The molecular formula is C3HF2I. The molecule has 6 heavy (non-hydrogen) atoms. The molecule has 0 saturated carbocycles. The molecule has 0 unspecified atom stereocenters. The van der Waals surface area contributed by atoms with Crippen molar-refractivity contribution in [1.82, 2.24) is 0 Å². The molecule has 0 bridgehead atoms. The first-order valence-electron chi connectivity index (χ1n) is 1.39. The van der Waals surface area contributed by atoms with Gasteiger partial charge in [-0.1, -0.05) is 0 Å². The van der Waals surface area contributed by atoms with E-state index in [2.05, 4.69) is 0 Å². The van der Waals surface area contributed by atoms with Crippen molar-refractivity contribution in [1.29, 1.82) is 0 Å². The van der Waals surface area contributed by atoms with Gasteiger partial charge in [-0.05, 0) is 22.6 Å². The van der Waals surface area contributed by atoms with Gasteiger partial charge in [0.25, 0.3) is 5.92 Å². The zero-order valence-electron chi connectivity index (χ0n) is 2.71. The van der Waals surface area contributed by atoms with E-state index in [1.165, 1.54) is 0 Å². The topological polar surface area (TPSA) is 0 Å². The molecule has 0 amide bonds. The fourth-order valence-corrected chi connectivity index (χ4v) is 0.514. The van der Waals surface area contributed by atoms with Crippen LogP contribution in [0.5, 0.6) is 0 Å². The Labute approximate surface area is 47.4 Å². The quantitative estimate of drug-likeness (QED) is 0.526. The summed E-state index contributed by atoms with van der Waals surface area (Å²) in [5.74, 6) is -2.51. The highest BCUT2D eigenvalue weighted by atomic mass is 127. The fourth-order valence-electron chi connectivity index (χ4n) is 0.123. The number of alkyl halides is 2. The van der Waals surface area contributed by atoms with Gasteiger partial charge in [0.1, 0.15) is 0 Å². The first-order chi connectivity index (χ1) is 2.63. The van der Waals surface area contributed by atoms with Gasteiger partial charge in [0.05, 0.1) is 3.58 Å². The fraction of sp³-hybridized carbons (Fsp3) is 0.333. The molecule has 0 aromatic rings. The molecule has 0 aliphatic heterocycles. The zero-order valence-corrected chi connectivity index (χ0v) is 4.87. The van der Waals surface area contributed by atoms with E-state index in [-0.39, 0.29) is 3.58 Å². The first kappa shape index (κ1) is 4.49. The lowest BCUT2D eigenvalue weighted by molar-refractivity contribution is 0.151. The van der Waals surface area contributed by atoms with Gasteiger partial charge in [0.2, 0.25) is 0 Å². The van der Waals surface area contributed by atoms with E-state index in [9.17, 15) is 8.78 Å². The summed E-state index contributed by atoms with van der Waals surface area (Å²) >= 11 is 1.61. The summed E-state index contributed by atoms with van der Waals surface area (Å²) in [6, 6.07) is 0. The van der Waals surface area contributed by atoms with Crippen LogP contribution in [0.4, 0.5) is 8.78 Å². The molecule has 3 heteroatoms. The van der Waals surface area contributed by atoms with Gasteiger partial charge in [0.15, 0.2) is 0 Å². The molecule has 0 heterocycles. The minimum atomic E-state index is -2.51. The average Bonchev–Trinajstić information content (AvgIpc) is 1.73. The molecule has 0 atom stereocenters. The maximum atomic E-state index is 11.4. The summed E-state index contributed by atoms with van der Waals surface area (Å²) in [7, 11) is 0. The van der Waals surface area contributed by atoms with Crippen LogP contribution in [0.3, 0.4) is 0 Å². The highest BCUT2D eigenvalue weighted by molar-refractivity contribution is 14.1. The second-order valence-corrected chi connectivity index (χ2v) is 2.28. The van der Waals surface area contributed by atoms with Crippen LogP contribution in [0.15, 0.2) is 9.66 Å². The summed E-state index contributed by atoms with van der Waals surface area (Å²) in [6.07, 6.45) is 0.924. The van der Waals surface area contributed by atoms with Crippen molar-refractivity contribution in [2.75, 3.05) is 0 Å². The third-order valence-electron chi connectivity index (χ3n) is 0.543. The summed E-state index contributed by atoms with van der Waals surface area (Å²) in [5, 5.41) is 0. The van der Waals surface area contributed by atoms with Crippen LogP contribution < -0.4 is 0 Å².